The number of benzene rings is 1. The monoisotopic (exact) mass is 320 g/mol. The lowest BCUT2D eigenvalue weighted by Crippen LogP contribution is -2.24. The van der Waals surface area contributed by atoms with Gasteiger partial charge in [0.2, 0.25) is 0 Å². The molecule has 1 aromatic carbocycles. The third kappa shape index (κ3) is 5.97. The number of halogens is 1. The van der Waals surface area contributed by atoms with Crippen molar-refractivity contribution in [2.24, 2.45) is 0 Å². The van der Waals surface area contributed by atoms with Gasteiger partial charge in [-0.15, -0.1) is 0 Å². The van der Waals surface area contributed by atoms with Gasteiger partial charge < -0.3 is 5.11 Å². The fourth-order valence-corrected chi connectivity index (χ4v) is 4.38. The van der Waals surface area contributed by atoms with Crippen molar-refractivity contribution >= 4 is 17.6 Å². The summed E-state index contributed by atoms with van der Waals surface area (Å²) in [5.41, 5.74) is 0.965. The van der Waals surface area contributed by atoms with Crippen molar-refractivity contribution in [3.05, 3.63) is 35.9 Å². The van der Waals surface area contributed by atoms with E-state index in [0.29, 0.717) is 6.13 Å². The first-order valence-electron chi connectivity index (χ1n) is 9.10. The quantitative estimate of drug-likeness (QED) is 0.671. The summed E-state index contributed by atoms with van der Waals surface area (Å²) in [6.45, 7) is 0.140. The predicted octanol–water partition coefficient (Wildman–Crippen LogP) is 6.06. The van der Waals surface area contributed by atoms with E-state index in [2.05, 4.69) is 0 Å². The largest absolute Gasteiger partial charge is 0.392 e. The van der Waals surface area contributed by atoms with Gasteiger partial charge in [-0.25, -0.2) is 0 Å². The average molecular weight is 321 g/mol. The van der Waals surface area contributed by atoms with E-state index in [1.54, 1.807) is 0 Å². The van der Waals surface area contributed by atoms with Crippen LogP contribution in [0.4, 0.5) is 0 Å². The molecular formula is C19H30BClO. The van der Waals surface area contributed by atoms with E-state index in [9.17, 15) is 0 Å². The Labute approximate surface area is 141 Å². The fourth-order valence-electron chi connectivity index (χ4n) is 3.87. The van der Waals surface area contributed by atoms with Crippen molar-refractivity contribution in [3.63, 3.8) is 0 Å². The van der Waals surface area contributed by atoms with E-state index in [1.165, 1.54) is 64.2 Å². The van der Waals surface area contributed by atoms with Crippen LogP contribution in [-0.4, -0.2) is 11.2 Å². The van der Waals surface area contributed by atoms with Gasteiger partial charge in [0, 0.05) is 0 Å². The molecule has 2 fully saturated rings. The first-order valence-corrected chi connectivity index (χ1v) is 9.53. The highest BCUT2D eigenvalue weighted by Gasteiger charge is 2.33. The Kier molecular flexibility index (Phi) is 8.40. The molecule has 122 valence electrons. The van der Waals surface area contributed by atoms with Gasteiger partial charge in [0.05, 0.1) is 6.61 Å². The Bertz CT molecular complexity index is 368. The van der Waals surface area contributed by atoms with Gasteiger partial charge in [-0.05, 0) is 17.2 Å². The topological polar surface area (TPSA) is 20.2 Å². The van der Waals surface area contributed by atoms with Crippen molar-refractivity contribution < 1.29 is 5.11 Å². The summed E-state index contributed by atoms with van der Waals surface area (Å²) in [6.07, 6.45) is 14.8. The van der Waals surface area contributed by atoms with E-state index in [1.807, 2.05) is 30.3 Å². The lowest BCUT2D eigenvalue weighted by molar-refractivity contribution is 0.282. The van der Waals surface area contributed by atoms with Crippen molar-refractivity contribution in [2.45, 2.75) is 82.4 Å². The van der Waals surface area contributed by atoms with Gasteiger partial charge in [-0.3, -0.25) is 0 Å². The van der Waals surface area contributed by atoms with Crippen LogP contribution in [0.25, 0.3) is 0 Å². The molecule has 3 rings (SSSR count). The van der Waals surface area contributed by atoms with Crippen LogP contribution in [0, 0.1) is 0 Å². The van der Waals surface area contributed by atoms with E-state index in [0.717, 1.165) is 17.2 Å². The Morgan fingerprint density at radius 2 is 1.27 bits per heavy atom. The maximum atomic E-state index is 8.54. The summed E-state index contributed by atoms with van der Waals surface area (Å²) < 4.78 is 0. The van der Waals surface area contributed by atoms with Crippen LogP contribution < -0.4 is 0 Å². The molecule has 0 bridgehead atoms. The zero-order valence-electron chi connectivity index (χ0n) is 13.7. The number of rotatable bonds is 3. The number of aliphatic hydroxyl groups is 1. The molecule has 0 aliphatic heterocycles. The zero-order chi connectivity index (χ0) is 15.6. The Balaban J connectivity index is 0.000000188. The second-order valence-electron chi connectivity index (χ2n) is 6.88. The number of hydrogen-bond donors (Lipinski definition) is 1. The minimum absolute atomic E-state index is 0.140. The third-order valence-electron chi connectivity index (χ3n) is 5.23. The summed E-state index contributed by atoms with van der Waals surface area (Å²) in [4.78, 5) is 0. The van der Waals surface area contributed by atoms with Crippen molar-refractivity contribution in [3.8, 4) is 0 Å². The van der Waals surface area contributed by atoms with Gasteiger partial charge in [0.1, 0.15) is 0 Å². The van der Waals surface area contributed by atoms with E-state index >= 15 is 0 Å². The SMILES string of the molecule is ClB(C1CCCCC1)C1CCCCC1.OCc1ccccc1. The van der Waals surface area contributed by atoms with Gasteiger partial charge in [0.25, 0.3) is 6.13 Å². The summed E-state index contributed by atoms with van der Waals surface area (Å²) in [5.74, 6) is 1.71. The fraction of sp³-hybridized carbons (Fsp3) is 0.684. The van der Waals surface area contributed by atoms with Gasteiger partial charge in [-0.2, -0.15) is 11.5 Å². The molecule has 0 atom stereocenters. The smallest absolute Gasteiger partial charge is 0.256 e. The lowest BCUT2D eigenvalue weighted by Gasteiger charge is -2.31. The second-order valence-corrected chi connectivity index (χ2v) is 7.39. The van der Waals surface area contributed by atoms with Crippen LogP contribution in [-0.2, 0) is 6.61 Å². The first-order chi connectivity index (χ1) is 10.8. The molecule has 22 heavy (non-hydrogen) atoms. The number of hydrogen-bond acceptors (Lipinski definition) is 1. The lowest BCUT2D eigenvalue weighted by atomic mass is 9.47. The summed E-state index contributed by atoms with van der Waals surface area (Å²) in [5, 5.41) is 8.54. The Morgan fingerprint density at radius 1 is 0.818 bits per heavy atom. The molecule has 1 nitrogen and oxygen atoms in total. The minimum atomic E-state index is 0.140. The first kappa shape index (κ1) is 17.9. The van der Waals surface area contributed by atoms with Crippen LogP contribution in [0.3, 0.4) is 0 Å². The summed E-state index contributed by atoms with van der Waals surface area (Å²) in [7, 11) is 0. The van der Waals surface area contributed by atoms with Crippen LogP contribution in [0.5, 0.6) is 0 Å². The van der Waals surface area contributed by atoms with Crippen molar-refractivity contribution in [2.75, 3.05) is 0 Å². The molecule has 0 amide bonds. The third-order valence-corrected chi connectivity index (χ3v) is 5.94. The van der Waals surface area contributed by atoms with Crippen LogP contribution >= 0.6 is 11.5 Å². The van der Waals surface area contributed by atoms with Crippen LogP contribution in [0.15, 0.2) is 30.3 Å². The molecule has 2 saturated carbocycles. The molecule has 0 heterocycles. The van der Waals surface area contributed by atoms with E-state index in [4.69, 9.17) is 16.6 Å². The van der Waals surface area contributed by atoms with E-state index < -0.39 is 0 Å². The van der Waals surface area contributed by atoms with Gasteiger partial charge in [-0.1, -0.05) is 94.5 Å². The van der Waals surface area contributed by atoms with Crippen LogP contribution in [0.1, 0.15) is 69.8 Å². The van der Waals surface area contributed by atoms with Gasteiger partial charge >= 0.3 is 0 Å². The maximum Gasteiger partial charge on any atom is 0.256 e. The summed E-state index contributed by atoms with van der Waals surface area (Å²) >= 11 is 6.64. The molecule has 3 heteroatoms. The molecule has 0 radical (unpaired) electrons. The highest BCUT2D eigenvalue weighted by atomic mass is 35.5. The minimum Gasteiger partial charge on any atom is -0.392 e. The highest BCUT2D eigenvalue weighted by Crippen LogP contribution is 2.42. The normalized spacial score (nSPS) is 20.1. The van der Waals surface area contributed by atoms with Crippen molar-refractivity contribution in [1.82, 2.24) is 0 Å². The molecule has 0 saturated heterocycles. The average Bonchev–Trinajstić information content (AvgIpc) is 2.64. The molecule has 0 unspecified atom stereocenters. The maximum absolute atomic E-state index is 8.54. The summed E-state index contributed by atoms with van der Waals surface area (Å²) in [6, 6.07) is 9.52. The molecule has 1 aromatic rings. The molecule has 1 N–H and O–H groups in total. The Hall–Kier alpha value is -0.465. The predicted molar refractivity (Wildman–Crippen MR) is 97.6 cm³/mol. The van der Waals surface area contributed by atoms with Gasteiger partial charge in [0.15, 0.2) is 0 Å². The number of aliphatic hydroxyl groups excluding tert-OH is 1. The van der Waals surface area contributed by atoms with Crippen molar-refractivity contribution in [1.29, 1.82) is 0 Å². The molecule has 0 aromatic heterocycles. The molecule has 2 aliphatic carbocycles. The molecule has 2 aliphatic rings. The van der Waals surface area contributed by atoms with E-state index in [-0.39, 0.29) is 6.61 Å². The standard InChI is InChI=1S/C12H22BCl.C7H8O/c14-13(11-7-3-1-4-8-11)12-9-5-2-6-10-12;8-6-7-4-2-1-3-5-7/h11-12H,1-10H2;1-5,8H,6H2. The zero-order valence-corrected chi connectivity index (χ0v) is 14.5. The molecule has 0 spiro atoms. The highest BCUT2D eigenvalue weighted by molar-refractivity contribution is 7.08. The molecular weight excluding hydrogens is 290 g/mol. The second kappa shape index (κ2) is 10.3. The Morgan fingerprint density at radius 3 is 1.64 bits per heavy atom. The van der Waals surface area contributed by atoms with Crippen LogP contribution in [0.2, 0.25) is 11.6 Å².